The van der Waals surface area contributed by atoms with E-state index in [9.17, 15) is 9.59 Å². The first-order valence-electron chi connectivity index (χ1n) is 6.24. The quantitative estimate of drug-likeness (QED) is 0.744. The lowest BCUT2D eigenvalue weighted by molar-refractivity contribution is -0.143. The molecular weight excluding hydrogens is 326 g/mol. The minimum atomic E-state index is -0.310. The minimum Gasteiger partial charge on any atom is -0.496 e. The van der Waals surface area contributed by atoms with Crippen LogP contribution in [0.15, 0.2) is 22.7 Å². The van der Waals surface area contributed by atoms with Gasteiger partial charge in [0, 0.05) is 18.1 Å². The van der Waals surface area contributed by atoms with Crippen molar-refractivity contribution in [1.82, 2.24) is 4.90 Å². The van der Waals surface area contributed by atoms with Gasteiger partial charge in [0.05, 0.1) is 25.7 Å². The SMILES string of the molecule is CCOC(=O)CCN(C)C(=O)c1ccc(Br)cc1OC. The summed E-state index contributed by atoms with van der Waals surface area (Å²) in [6.45, 7) is 2.40. The van der Waals surface area contributed by atoms with Gasteiger partial charge in [0.15, 0.2) is 0 Å². The molecule has 1 aromatic rings. The molecule has 1 amide bonds. The smallest absolute Gasteiger partial charge is 0.307 e. The number of rotatable bonds is 6. The third kappa shape index (κ3) is 4.52. The monoisotopic (exact) mass is 343 g/mol. The Hall–Kier alpha value is -1.56. The molecule has 0 unspecified atom stereocenters. The Bertz CT molecular complexity index is 490. The summed E-state index contributed by atoms with van der Waals surface area (Å²) in [6.07, 6.45) is 0.176. The van der Waals surface area contributed by atoms with Gasteiger partial charge in [0.25, 0.3) is 5.91 Å². The zero-order valence-electron chi connectivity index (χ0n) is 11.8. The first kappa shape index (κ1) is 16.5. The first-order chi connectivity index (χ1) is 9.49. The van der Waals surface area contributed by atoms with Crippen LogP contribution in [0.5, 0.6) is 5.75 Å². The van der Waals surface area contributed by atoms with Crippen molar-refractivity contribution in [3.05, 3.63) is 28.2 Å². The van der Waals surface area contributed by atoms with Crippen molar-refractivity contribution in [2.75, 3.05) is 27.3 Å². The standard InChI is InChI=1S/C14H18BrNO4/c1-4-20-13(17)7-8-16(2)14(18)11-6-5-10(15)9-12(11)19-3/h5-6,9H,4,7-8H2,1-3H3. The number of carbonyl (C=O) groups is 2. The fourth-order valence-corrected chi connectivity index (χ4v) is 1.98. The Labute approximate surface area is 127 Å². The van der Waals surface area contributed by atoms with Crippen LogP contribution in [-0.2, 0) is 9.53 Å². The van der Waals surface area contributed by atoms with Crippen molar-refractivity contribution in [1.29, 1.82) is 0 Å². The summed E-state index contributed by atoms with van der Waals surface area (Å²) in [7, 11) is 3.15. The number of carbonyl (C=O) groups excluding carboxylic acids is 2. The molecule has 0 saturated heterocycles. The number of amides is 1. The minimum absolute atomic E-state index is 0.176. The molecule has 0 radical (unpaired) electrons. The van der Waals surface area contributed by atoms with Crippen LogP contribution >= 0.6 is 15.9 Å². The van der Waals surface area contributed by atoms with Gasteiger partial charge in [-0.05, 0) is 25.1 Å². The third-order valence-corrected chi connectivity index (χ3v) is 3.19. The van der Waals surface area contributed by atoms with E-state index in [0.29, 0.717) is 24.5 Å². The summed E-state index contributed by atoms with van der Waals surface area (Å²) in [5.41, 5.74) is 0.460. The summed E-state index contributed by atoms with van der Waals surface area (Å²) in [5.74, 6) is -0.0130. The van der Waals surface area contributed by atoms with Gasteiger partial charge in [0.2, 0.25) is 0 Å². The van der Waals surface area contributed by atoms with Gasteiger partial charge in [-0.15, -0.1) is 0 Å². The highest BCUT2D eigenvalue weighted by Crippen LogP contribution is 2.24. The Morgan fingerprint density at radius 3 is 2.65 bits per heavy atom. The van der Waals surface area contributed by atoms with Crippen LogP contribution in [0.1, 0.15) is 23.7 Å². The van der Waals surface area contributed by atoms with E-state index < -0.39 is 0 Å². The van der Waals surface area contributed by atoms with E-state index in [1.54, 1.807) is 32.2 Å². The number of hydrogen-bond donors (Lipinski definition) is 0. The summed E-state index contributed by atoms with van der Waals surface area (Å²) in [5, 5.41) is 0. The van der Waals surface area contributed by atoms with E-state index in [1.165, 1.54) is 12.0 Å². The summed E-state index contributed by atoms with van der Waals surface area (Å²) >= 11 is 3.32. The molecule has 20 heavy (non-hydrogen) atoms. The van der Waals surface area contributed by atoms with Gasteiger partial charge < -0.3 is 14.4 Å². The largest absolute Gasteiger partial charge is 0.496 e. The number of nitrogens with zero attached hydrogens (tertiary/aromatic N) is 1. The van der Waals surface area contributed by atoms with Crippen molar-refractivity contribution in [3.63, 3.8) is 0 Å². The van der Waals surface area contributed by atoms with E-state index in [1.807, 2.05) is 0 Å². The van der Waals surface area contributed by atoms with Crippen LogP contribution < -0.4 is 4.74 Å². The van der Waals surface area contributed by atoms with E-state index in [-0.39, 0.29) is 18.3 Å². The average molecular weight is 344 g/mol. The molecule has 0 saturated carbocycles. The van der Waals surface area contributed by atoms with Crippen LogP contribution in [0.4, 0.5) is 0 Å². The van der Waals surface area contributed by atoms with Gasteiger partial charge in [0.1, 0.15) is 5.75 Å². The van der Waals surface area contributed by atoms with Crippen LogP contribution in [0, 0.1) is 0 Å². The molecule has 0 N–H and O–H groups in total. The maximum absolute atomic E-state index is 12.3. The highest BCUT2D eigenvalue weighted by molar-refractivity contribution is 9.10. The molecule has 0 aromatic heterocycles. The molecule has 0 aliphatic heterocycles. The van der Waals surface area contributed by atoms with E-state index in [4.69, 9.17) is 9.47 Å². The van der Waals surface area contributed by atoms with Crippen LogP contribution in [0.2, 0.25) is 0 Å². The molecule has 5 nitrogen and oxygen atoms in total. The number of esters is 1. The average Bonchev–Trinajstić information content (AvgIpc) is 2.44. The normalized spacial score (nSPS) is 10.0. The fourth-order valence-electron chi connectivity index (χ4n) is 1.64. The molecule has 1 aromatic carbocycles. The van der Waals surface area contributed by atoms with E-state index in [2.05, 4.69) is 15.9 Å². The summed E-state index contributed by atoms with van der Waals surface area (Å²) < 4.78 is 10.9. The van der Waals surface area contributed by atoms with Gasteiger partial charge in [-0.25, -0.2) is 0 Å². The predicted molar refractivity (Wildman–Crippen MR) is 78.9 cm³/mol. The molecule has 0 aliphatic carbocycles. The molecule has 0 heterocycles. The van der Waals surface area contributed by atoms with Crippen LogP contribution in [0.3, 0.4) is 0 Å². The zero-order chi connectivity index (χ0) is 15.1. The Morgan fingerprint density at radius 2 is 2.05 bits per heavy atom. The second-order valence-corrected chi connectivity index (χ2v) is 5.04. The lowest BCUT2D eigenvalue weighted by Gasteiger charge is -2.18. The van der Waals surface area contributed by atoms with Crippen molar-refractivity contribution in [2.45, 2.75) is 13.3 Å². The maximum Gasteiger partial charge on any atom is 0.307 e. The number of benzene rings is 1. The Balaban J connectivity index is 2.72. The number of ether oxygens (including phenoxy) is 2. The first-order valence-corrected chi connectivity index (χ1v) is 7.03. The highest BCUT2D eigenvalue weighted by Gasteiger charge is 2.17. The predicted octanol–water partition coefficient (Wildman–Crippen LogP) is 2.48. The molecule has 0 bridgehead atoms. The van der Waals surface area contributed by atoms with Crippen molar-refractivity contribution in [2.24, 2.45) is 0 Å². The molecular formula is C14H18BrNO4. The van der Waals surface area contributed by atoms with Crippen LogP contribution in [-0.4, -0.2) is 44.1 Å². The lowest BCUT2D eigenvalue weighted by atomic mass is 10.1. The molecule has 0 spiro atoms. The molecule has 1 rings (SSSR count). The second kappa shape index (κ2) is 7.89. The topological polar surface area (TPSA) is 55.8 Å². The Kier molecular flexibility index (Phi) is 6.51. The molecule has 0 aliphatic rings. The maximum atomic E-state index is 12.3. The molecule has 0 fully saturated rings. The highest BCUT2D eigenvalue weighted by atomic mass is 79.9. The zero-order valence-corrected chi connectivity index (χ0v) is 13.4. The van der Waals surface area contributed by atoms with Crippen molar-refractivity contribution < 1.29 is 19.1 Å². The van der Waals surface area contributed by atoms with E-state index in [0.717, 1.165) is 4.47 Å². The Morgan fingerprint density at radius 1 is 1.35 bits per heavy atom. The second-order valence-electron chi connectivity index (χ2n) is 4.13. The van der Waals surface area contributed by atoms with Gasteiger partial charge in [-0.1, -0.05) is 15.9 Å². The van der Waals surface area contributed by atoms with Gasteiger partial charge in [-0.3, -0.25) is 9.59 Å². The van der Waals surface area contributed by atoms with E-state index >= 15 is 0 Å². The lowest BCUT2D eigenvalue weighted by Crippen LogP contribution is -2.29. The van der Waals surface area contributed by atoms with Crippen molar-refractivity contribution >= 4 is 27.8 Å². The number of methoxy groups -OCH3 is 1. The fraction of sp³-hybridized carbons (Fsp3) is 0.429. The van der Waals surface area contributed by atoms with Gasteiger partial charge >= 0.3 is 5.97 Å². The van der Waals surface area contributed by atoms with Crippen molar-refractivity contribution in [3.8, 4) is 5.75 Å². The summed E-state index contributed by atoms with van der Waals surface area (Å²) in [4.78, 5) is 25.0. The van der Waals surface area contributed by atoms with Gasteiger partial charge in [-0.2, -0.15) is 0 Å². The number of halogens is 1. The van der Waals surface area contributed by atoms with Crippen LogP contribution in [0.25, 0.3) is 0 Å². The summed E-state index contributed by atoms with van der Waals surface area (Å²) in [6, 6.07) is 5.19. The molecule has 0 atom stereocenters. The third-order valence-electron chi connectivity index (χ3n) is 2.70. The number of hydrogen-bond acceptors (Lipinski definition) is 4. The molecule has 6 heteroatoms. The molecule has 110 valence electrons.